The maximum absolute atomic E-state index is 12.7. The summed E-state index contributed by atoms with van der Waals surface area (Å²) < 4.78 is 49.0. The number of hydrogen-bond donors (Lipinski definition) is 0. The first-order chi connectivity index (χ1) is 13.6. The zero-order valence-corrected chi connectivity index (χ0v) is 16.6. The van der Waals surface area contributed by atoms with Crippen molar-refractivity contribution in [1.29, 1.82) is 0 Å². The largest absolute Gasteiger partial charge is 0.461 e. The van der Waals surface area contributed by atoms with E-state index >= 15 is 0 Å². The van der Waals surface area contributed by atoms with Gasteiger partial charge in [-0.15, -0.1) is 0 Å². The third kappa shape index (κ3) is 5.12. The number of carbonyl (C=O) groups is 1. The van der Waals surface area contributed by atoms with Gasteiger partial charge in [-0.05, 0) is 41.2 Å². The van der Waals surface area contributed by atoms with Crippen LogP contribution in [0.5, 0.6) is 11.5 Å². The third-order valence-electron chi connectivity index (χ3n) is 5.02. The summed E-state index contributed by atoms with van der Waals surface area (Å²) in [6.07, 6.45) is -3.71. The van der Waals surface area contributed by atoms with Gasteiger partial charge in [0.25, 0.3) is 0 Å². The molecule has 3 nitrogen and oxygen atoms in total. The molecule has 0 amide bonds. The molecule has 29 heavy (non-hydrogen) atoms. The van der Waals surface area contributed by atoms with Crippen LogP contribution >= 0.6 is 11.6 Å². The molecule has 0 N–H and O–H groups in total. The molecule has 0 aliphatic heterocycles. The van der Waals surface area contributed by atoms with Gasteiger partial charge in [-0.3, -0.25) is 4.79 Å². The highest BCUT2D eigenvalue weighted by Gasteiger charge is 2.62. The molecular weight excluding hydrogens is 405 g/mol. The van der Waals surface area contributed by atoms with E-state index in [1.807, 2.05) is 30.3 Å². The summed E-state index contributed by atoms with van der Waals surface area (Å²) >= 11 is 5.32. The van der Waals surface area contributed by atoms with Crippen LogP contribution in [0.3, 0.4) is 0 Å². The minimum Gasteiger partial charge on any atom is -0.461 e. The second-order valence-electron chi connectivity index (χ2n) is 7.51. The van der Waals surface area contributed by atoms with E-state index in [0.29, 0.717) is 17.1 Å². The first-order valence-corrected chi connectivity index (χ1v) is 9.40. The van der Waals surface area contributed by atoms with Crippen LogP contribution in [0.15, 0.2) is 65.7 Å². The summed E-state index contributed by atoms with van der Waals surface area (Å²) in [7, 11) is 0. The van der Waals surface area contributed by atoms with Crippen molar-refractivity contribution in [2.45, 2.75) is 26.6 Å². The summed E-state index contributed by atoms with van der Waals surface area (Å²) in [5.74, 6) is -0.552. The Kier molecular flexibility index (Phi) is 5.94. The van der Waals surface area contributed by atoms with Gasteiger partial charge in [0.1, 0.15) is 23.1 Å². The Labute approximate surface area is 172 Å². The van der Waals surface area contributed by atoms with Crippen molar-refractivity contribution in [3.05, 3.63) is 71.3 Å². The number of esters is 1. The van der Waals surface area contributed by atoms with Crippen molar-refractivity contribution < 1.29 is 27.4 Å². The number of halogens is 4. The highest BCUT2D eigenvalue weighted by molar-refractivity contribution is 6.30. The summed E-state index contributed by atoms with van der Waals surface area (Å²) in [6.45, 7) is 3.44. The predicted octanol–water partition coefficient (Wildman–Crippen LogP) is 6.48. The standard InChI is InChI=1S/C22H20ClF3O3/c1-21(2)17(12-18(23)22(24,25)26)19(21)20(27)28-13-14-7-6-10-16(11-14)29-15-8-4-3-5-9-15/h3-12,17,19H,13H2,1-2H3/t17-,19-/m1/s1. The first-order valence-electron chi connectivity index (χ1n) is 9.02. The molecule has 1 aliphatic rings. The number of carbonyl (C=O) groups excluding carboxylic acids is 1. The van der Waals surface area contributed by atoms with Crippen LogP contribution in [-0.2, 0) is 16.1 Å². The van der Waals surface area contributed by atoms with Gasteiger partial charge in [0.2, 0.25) is 0 Å². The number of hydrogen-bond acceptors (Lipinski definition) is 3. The Bertz CT molecular complexity index is 907. The van der Waals surface area contributed by atoms with Gasteiger partial charge in [-0.1, -0.05) is 61.9 Å². The summed E-state index contributed by atoms with van der Waals surface area (Å²) in [6, 6.07) is 16.3. The van der Waals surface area contributed by atoms with Crippen LogP contribution in [0.25, 0.3) is 0 Å². The number of para-hydroxylation sites is 1. The molecule has 154 valence electrons. The molecule has 2 aromatic carbocycles. The van der Waals surface area contributed by atoms with Crippen LogP contribution in [0.1, 0.15) is 19.4 Å². The molecule has 2 atom stereocenters. The van der Waals surface area contributed by atoms with Gasteiger partial charge in [0.05, 0.1) is 5.92 Å². The molecule has 0 radical (unpaired) electrons. The van der Waals surface area contributed by atoms with Crippen molar-refractivity contribution in [1.82, 2.24) is 0 Å². The lowest BCUT2D eigenvalue weighted by Crippen LogP contribution is -2.11. The lowest BCUT2D eigenvalue weighted by atomic mass is 10.1. The molecule has 0 unspecified atom stereocenters. The highest BCUT2D eigenvalue weighted by Crippen LogP contribution is 2.60. The van der Waals surface area contributed by atoms with Gasteiger partial charge < -0.3 is 9.47 Å². The van der Waals surface area contributed by atoms with Crippen LogP contribution in [-0.4, -0.2) is 12.1 Å². The van der Waals surface area contributed by atoms with Gasteiger partial charge in [0, 0.05) is 0 Å². The van der Waals surface area contributed by atoms with E-state index in [4.69, 9.17) is 21.1 Å². The van der Waals surface area contributed by atoms with Gasteiger partial charge in [-0.25, -0.2) is 0 Å². The number of benzene rings is 2. The number of ether oxygens (including phenoxy) is 2. The number of rotatable bonds is 6. The predicted molar refractivity (Wildman–Crippen MR) is 104 cm³/mol. The number of alkyl halides is 3. The minimum atomic E-state index is -4.62. The van der Waals surface area contributed by atoms with Crippen molar-refractivity contribution >= 4 is 17.6 Å². The second kappa shape index (κ2) is 8.11. The number of allylic oxidation sites excluding steroid dienone is 2. The zero-order chi connectivity index (χ0) is 21.2. The van der Waals surface area contributed by atoms with Crippen LogP contribution < -0.4 is 4.74 Å². The van der Waals surface area contributed by atoms with Crippen molar-refractivity contribution in [2.24, 2.45) is 17.3 Å². The zero-order valence-electron chi connectivity index (χ0n) is 15.9. The Morgan fingerprint density at radius 3 is 2.41 bits per heavy atom. The smallest absolute Gasteiger partial charge is 0.426 e. The molecule has 1 fully saturated rings. The van der Waals surface area contributed by atoms with Crippen molar-refractivity contribution in [2.75, 3.05) is 0 Å². The Balaban J connectivity index is 1.60. The van der Waals surface area contributed by atoms with E-state index in [1.54, 1.807) is 38.1 Å². The highest BCUT2D eigenvalue weighted by atomic mass is 35.5. The molecule has 0 heterocycles. The Morgan fingerprint density at radius 1 is 1.10 bits per heavy atom. The second-order valence-corrected chi connectivity index (χ2v) is 7.91. The topological polar surface area (TPSA) is 35.5 Å². The summed E-state index contributed by atoms with van der Waals surface area (Å²) in [5.41, 5.74) is 0.0754. The van der Waals surface area contributed by atoms with E-state index in [1.165, 1.54) is 0 Å². The van der Waals surface area contributed by atoms with Crippen molar-refractivity contribution in [3.8, 4) is 11.5 Å². The van der Waals surface area contributed by atoms with Crippen LogP contribution in [0.2, 0.25) is 0 Å². The monoisotopic (exact) mass is 424 g/mol. The normalized spacial score (nSPS) is 20.8. The maximum Gasteiger partial charge on any atom is 0.426 e. The molecule has 7 heteroatoms. The SMILES string of the molecule is CC1(C)[C@H](C=C(Cl)C(F)(F)F)[C@@H]1C(=O)OCc1cccc(Oc2ccccc2)c1. The third-order valence-corrected chi connectivity index (χ3v) is 5.36. The summed E-state index contributed by atoms with van der Waals surface area (Å²) in [5, 5.41) is -1.21. The van der Waals surface area contributed by atoms with Crippen LogP contribution in [0, 0.1) is 17.3 Å². The van der Waals surface area contributed by atoms with E-state index in [9.17, 15) is 18.0 Å². The average molecular weight is 425 g/mol. The van der Waals surface area contributed by atoms with Gasteiger partial charge in [-0.2, -0.15) is 13.2 Å². The van der Waals surface area contributed by atoms with Gasteiger partial charge >= 0.3 is 12.1 Å². The fourth-order valence-corrected chi connectivity index (χ4v) is 3.39. The molecular formula is C22H20ClF3O3. The van der Waals surface area contributed by atoms with E-state index in [0.717, 1.165) is 6.08 Å². The molecule has 1 aliphatic carbocycles. The Hall–Kier alpha value is -2.47. The molecule has 0 spiro atoms. The Morgan fingerprint density at radius 2 is 1.76 bits per heavy atom. The molecule has 2 aromatic rings. The lowest BCUT2D eigenvalue weighted by molar-refractivity contribution is -0.147. The van der Waals surface area contributed by atoms with Crippen LogP contribution in [0.4, 0.5) is 13.2 Å². The first kappa shape index (κ1) is 21.2. The molecule has 3 rings (SSSR count). The fraction of sp³-hybridized carbons (Fsp3) is 0.318. The molecule has 0 bridgehead atoms. The molecule has 0 saturated heterocycles. The summed E-state index contributed by atoms with van der Waals surface area (Å²) in [4.78, 5) is 12.4. The maximum atomic E-state index is 12.7. The quantitative estimate of drug-likeness (QED) is 0.498. The molecule has 1 saturated carbocycles. The van der Waals surface area contributed by atoms with E-state index in [2.05, 4.69) is 0 Å². The lowest BCUT2D eigenvalue weighted by Gasteiger charge is -2.09. The fourth-order valence-electron chi connectivity index (χ4n) is 3.26. The van der Waals surface area contributed by atoms with E-state index < -0.39 is 34.4 Å². The van der Waals surface area contributed by atoms with Crippen molar-refractivity contribution in [3.63, 3.8) is 0 Å². The molecule has 0 aromatic heterocycles. The average Bonchev–Trinajstić information content (AvgIpc) is 3.20. The van der Waals surface area contributed by atoms with E-state index in [-0.39, 0.29) is 6.61 Å². The minimum absolute atomic E-state index is 0.000834. The van der Waals surface area contributed by atoms with Gasteiger partial charge in [0.15, 0.2) is 0 Å².